The minimum atomic E-state index is -0.273. The first kappa shape index (κ1) is 24.4. The zero-order chi connectivity index (χ0) is 28.5. The van der Waals surface area contributed by atoms with Gasteiger partial charge in [-0.3, -0.25) is 9.59 Å². The number of aromatic nitrogens is 2. The first-order valence-corrected chi connectivity index (χ1v) is 14.4. The normalized spacial score (nSPS) is 17.0. The van der Waals surface area contributed by atoms with Gasteiger partial charge in [-0.1, -0.05) is 60.7 Å². The molecule has 0 saturated carbocycles. The van der Waals surface area contributed by atoms with Crippen LogP contribution in [0.15, 0.2) is 108 Å². The van der Waals surface area contributed by atoms with E-state index in [-0.39, 0.29) is 11.8 Å². The van der Waals surface area contributed by atoms with Crippen LogP contribution in [0.1, 0.15) is 25.0 Å². The number of nitrogens with zero attached hydrogens (tertiary/aromatic N) is 2. The highest BCUT2D eigenvalue weighted by molar-refractivity contribution is 6.19. The lowest BCUT2D eigenvalue weighted by Crippen LogP contribution is -2.20. The van der Waals surface area contributed by atoms with Crippen molar-refractivity contribution in [1.29, 1.82) is 0 Å². The molecule has 0 radical (unpaired) electrons. The summed E-state index contributed by atoms with van der Waals surface area (Å²) in [6.07, 6.45) is 3.60. The Labute approximate surface area is 242 Å². The van der Waals surface area contributed by atoms with Crippen molar-refractivity contribution in [3.8, 4) is 0 Å². The number of fused-ring (bicyclic) bond motifs is 6. The molecule has 204 valence electrons. The second-order valence-corrected chi connectivity index (χ2v) is 10.8. The fourth-order valence-corrected chi connectivity index (χ4v) is 6.70. The quantitative estimate of drug-likeness (QED) is 0.236. The molecule has 0 atom stereocenters. The topological polar surface area (TPSA) is 68.1 Å². The van der Waals surface area contributed by atoms with Gasteiger partial charge in [0.1, 0.15) is 0 Å². The van der Waals surface area contributed by atoms with E-state index in [0.717, 1.165) is 35.2 Å². The van der Waals surface area contributed by atoms with E-state index >= 15 is 0 Å². The van der Waals surface area contributed by atoms with Gasteiger partial charge in [0.05, 0.1) is 11.1 Å². The van der Waals surface area contributed by atoms with Gasteiger partial charge in [-0.2, -0.15) is 0 Å². The van der Waals surface area contributed by atoms with Crippen molar-refractivity contribution >= 4 is 66.8 Å². The largest absolute Gasteiger partial charge is 0.341 e. The van der Waals surface area contributed by atoms with Crippen molar-refractivity contribution < 1.29 is 9.59 Å². The number of para-hydroxylation sites is 2. The van der Waals surface area contributed by atoms with E-state index in [0.29, 0.717) is 22.5 Å². The van der Waals surface area contributed by atoms with Crippen molar-refractivity contribution in [3.05, 3.63) is 119 Å². The first-order valence-electron chi connectivity index (χ1n) is 14.4. The average Bonchev–Trinajstić information content (AvgIpc) is 3.76. The summed E-state index contributed by atoms with van der Waals surface area (Å²) in [5.41, 5.74) is 8.57. The van der Waals surface area contributed by atoms with Crippen LogP contribution in [0.5, 0.6) is 0 Å². The molecular formula is C36H28N4O2. The van der Waals surface area contributed by atoms with E-state index in [4.69, 9.17) is 0 Å². The molecule has 6 heteroatoms. The molecule has 0 fully saturated rings. The lowest BCUT2D eigenvalue weighted by molar-refractivity contribution is -0.118. The Bertz CT molecular complexity index is 2100. The number of amides is 2. The highest BCUT2D eigenvalue weighted by Gasteiger charge is 2.29. The van der Waals surface area contributed by atoms with Crippen molar-refractivity contribution in [1.82, 2.24) is 19.8 Å². The number of hydrogen-bond acceptors (Lipinski definition) is 2. The van der Waals surface area contributed by atoms with E-state index in [2.05, 4.69) is 106 Å². The Morgan fingerprint density at radius 3 is 1.36 bits per heavy atom. The molecule has 2 N–H and O–H groups in total. The minimum absolute atomic E-state index is 0.273. The van der Waals surface area contributed by atoms with E-state index in [1.54, 1.807) is 12.2 Å². The van der Waals surface area contributed by atoms with Crippen LogP contribution in [0, 0.1) is 0 Å². The number of nitrogens with one attached hydrogen (secondary N) is 2. The van der Waals surface area contributed by atoms with E-state index in [9.17, 15) is 9.59 Å². The van der Waals surface area contributed by atoms with Gasteiger partial charge >= 0.3 is 0 Å². The van der Waals surface area contributed by atoms with Crippen molar-refractivity contribution in [2.75, 3.05) is 0 Å². The predicted octanol–water partition coefficient (Wildman–Crippen LogP) is 6.88. The van der Waals surface area contributed by atoms with Crippen LogP contribution in [0.25, 0.3) is 55.0 Å². The summed E-state index contributed by atoms with van der Waals surface area (Å²) in [6, 6.07) is 29.3. The molecule has 8 rings (SSSR count). The first-order chi connectivity index (χ1) is 20.6. The van der Waals surface area contributed by atoms with Crippen LogP contribution in [0.4, 0.5) is 0 Å². The third-order valence-corrected chi connectivity index (χ3v) is 8.65. The van der Waals surface area contributed by atoms with Crippen LogP contribution < -0.4 is 10.6 Å². The second-order valence-electron chi connectivity index (χ2n) is 10.8. The molecule has 2 aliphatic heterocycles. The molecule has 4 heterocycles. The molecule has 6 aromatic rings. The molecule has 0 bridgehead atoms. The fourth-order valence-electron chi connectivity index (χ4n) is 6.70. The molecule has 0 aliphatic carbocycles. The highest BCUT2D eigenvalue weighted by Crippen LogP contribution is 2.35. The smallest absolute Gasteiger partial charge is 0.256 e. The molecule has 0 unspecified atom stereocenters. The number of aryl methyl sites for hydroxylation is 2. The van der Waals surface area contributed by atoms with Crippen LogP contribution in [-0.4, -0.2) is 20.9 Å². The molecule has 2 aromatic heterocycles. The van der Waals surface area contributed by atoms with Gasteiger partial charge in [0.25, 0.3) is 11.8 Å². The standard InChI is InChI=1S/C36H28N4O2/c1-3-39-31-11-7-5-9-23(31)25-15-13-21(17-33(25)39)29-19-27(35(41)37-29)28-20-30(38-36(28)42)22-14-16-26-24-10-6-8-12-32(24)40(4-2)34(26)18-22/h5-20H,3-4H2,1-2H3,(H,37,41)(H,38,42)/b28-27+. The molecule has 42 heavy (non-hydrogen) atoms. The summed E-state index contributed by atoms with van der Waals surface area (Å²) < 4.78 is 4.58. The predicted molar refractivity (Wildman–Crippen MR) is 170 cm³/mol. The summed E-state index contributed by atoms with van der Waals surface area (Å²) in [5.74, 6) is -0.546. The lowest BCUT2D eigenvalue weighted by atomic mass is 10.0. The molecule has 2 amide bonds. The third-order valence-electron chi connectivity index (χ3n) is 8.65. The Hall–Kier alpha value is -5.36. The Balaban J connectivity index is 1.21. The average molecular weight is 549 g/mol. The van der Waals surface area contributed by atoms with Gasteiger partial charge < -0.3 is 19.8 Å². The fraction of sp³-hybridized carbons (Fsp3) is 0.111. The molecule has 2 aliphatic rings. The number of rotatable bonds is 4. The van der Waals surface area contributed by atoms with Crippen LogP contribution in [0.3, 0.4) is 0 Å². The zero-order valence-corrected chi connectivity index (χ0v) is 23.4. The number of hydrogen-bond donors (Lipinski definition) is 2. The van der Waals surface area contributed by atoms with Gasteiger partial charge in [-0.25, -0.2) is 0 Å². The minimum Gasteiger partial charge on any atom is -0.341 e. The monoisotopic (exact) mass is 548 g/mol. The van der Waals surface area contributed by atoms with Crippen molar-refractivity contribution in [2.45, 2.75) is 26.9 Å². The maximum atomic E-state index is 13.2. The lowest BCUT2D eigenvalue weighted by Gasteiger charge is -2.06. The van der Waals surface area contributed by atoms with E-state index in [1.165, 1.54) is 32.6 Å². The SMILES string of the molecule is CCn1c2ccccc2c2ccc(C3=C/C(=C4/C=C(c5ccc6c7ccccc7n(CC)c6c5)NC4=O)C(=O)N3)cc21. The van der Waals surface area contributed by atoms with E-state index < -0.39 is 0 Å². The van der Waals surface area contributed by atoms with Gasteiger partial charge in [-0.05, 0) is 50.3 Å². The molecule has 6 nitrogen and oxygen atoms in total. The summed E-state index contributed by atoms with van der Waals surface area (Å²) in [6.45, 7) is 5.96. The Kier molecular flexibility index (Phi) is 5.28. The number of benzene rings is 4. The van der Waals surface area contributed by atoms with Gasteiger partial charge in [0, 0.05) is 79.2 Å². The highest BCUT2D eigenvalue weighted by atomic mass is 16.2. The number of carbonyl (C=O) groups excluding carboxylic acids is 2. The van der Waals surface area contributed by atoms with Crippen molar-refractivity contribution in [3.63, 3.8) is 0 Å². The van der Waals surface area contributed by atoms with Gasteiger partial charge in [-0.15, -0.1) is 0 Å². The summed E-state index contributed by atoms with van der Waals surface area (Å²) >= 11 is 0. The number of carbonyl (C=O) groups is 2. The Morgan fingerprint density at radius 1 is 0.524 bits per heavy atom. The maximum Gasteiger partial charge on any atom is 0.256 e. The molecule has 0 spiro atoms. The summed E-state index contributed by atoms with van der Waals surface area (Å²) in [7, 11) is 0. The summed E-state index contributed by atoms with van der Waals surface area (Å²) in [5, 5.41) is 10.8. The summed E-state index contributed by atoms with van der Waals surface area (Å²) in [4.78, 5) is 26.4. The van der Waals surface area contributed by atoms with Gasteiger partial charge in [0.15, 0.2) is 0 Å². The second kappa shape index (κ2) is 9.08. The van der Waals surface area contributed by atoms with Gasteiger partial charge in [0.2, 0.25) is 0 Å². The molecule has 4 aromatic carbocycles. The van der Waals surface area contributed by atoms with Crippen LogP contribution in [-0.2, 0) is 22.7 Å². The van der Waals surface area contributed by atoms with Crippen LogP contribution in [0.2, 0.25) is 0 Å². The maximum absolute atomic E-state index is 13.2. The van der Waals surface area contributed by atoms with Crippen LogP contribution >= 0.6 is 0 Å². The molecular weight excluding hydrogens is 520 g/mol. The molecule has 0 saturated heterocycles. The zero-order valence-electron chi connectivity index (χ0n) is 23.4. The Morgan fingerprint density at radius 2 is 0.929 bits per heavy atom. The van der Waals surface area contributed by atoms with Crippen molar-refractivity contribution in [2.24, 2.45) is 0 Å². The third kappa shape index (κ3) is 3.45. The van der Waals surface area contributed by atoms with E-state index in [1.807, 2.05) is 12.1 Å².